The molecule has 0 aliphatic heterocycles. The molecule has 9 nitrogen and oxygen atoms in total. The topological polar surface area (TPSA) is 145 Å². The van der Waals surface area contributed by atoms with Crippen molar-refractivity contribution in [1.29, 1.82) is 5.26 Å². The molecule has 0 radical (unpaired) electrons. The van der Waals surface area contributed by atoms with Gasteiger partial charge in [-0.15, -0.1) is 0 Å². The van der Waals surface area contributed by atoms with E-state index < -0.39 is 34.9 Å². The van der Waals surface area contributed by atoms with Crippen molar-refractivity contribution in [3.8, 4) is 6.07 Å². The Bertz CT molecular complexity index is 1220. The number of esters is 1. The van der Waals surface area contributed by atoms with Gasteiger partial charge < -0.3 is 14.8 Å². The minimum Gasteiger partial charge on any atom is -0.507 e. The Labute approximate surface area is 172 Å². The standard InChI is InChI=1S/C20H18N4O5S/c1-13-6-8-14(9-7-13)30(27,28)22-11-19(26)29-12-18(25)15(10-21)20-23-16-4-2-3-5-17(16)24-20/h2-9,22,25H,11-12H2,1H3,(H,23,24)/b18-15-. The highest BCUT2D eigenvalue weighted by Crippen LogP contribution is 2.18. The molecule has 0 bridgehead atoms. The van der Waals surface area contributed by atoms with E-state index in [4.69, 9.17) is 4.74 Å². The van der Waals surface area contributed by atoms with Crippen molar-refractivity contribution in [1.82, 2.24) is 14.7 Å². The zero-order valence-corrected chi connectivity index (χ0v) is 16.7. The largest absolute Gasteiger partial charge is 0.507 e. The number of aliphatic hydroxyl groups excluding tert-OH is 1. The molecule has 0 saturated heterocycles. The Hall–Kier alpha value is -3.68. The van der Waals surface area contributed by atoms with Crippen LogP contribution in [0.15, 0.2) is 59.2 Å². The number of nitrogens with zero attached hydrogens (tertiary/aromatic N) is 2. The zero-order chi connectivity index (χ0) is 21.7. The van der Waals surface area contributed by atoms with E-state index in [1.807, 2.05) is 13.0 Å². The van der Waals surface area contributed by atoms with Gasteiger partial charge in [0, 0.05) is 0 Å². The summed E-state index contributed by atoms with van der Waals surface area (Å²) in [6, 6.07) is 15.0. The van der Waals surface area contributed by atoms with Crippen LogP contribution in [0.1, 0.15) is 11.4 Å². The molecule has 2 aromatic carbocycles. The number of aryl methyl sites for hydroxylation is 1. The van der Waals surface area contributed by atoms with Crippen molar-refractivity contribution >= 4 is 32.6 Å². The number of nitrogens with one attached hydrogen (secondary N) is 2. The summed E-state index contributed by atoms with van der Waals surface area (Å²) in [7, 11) is -3.88. The van der Waals surface area contributed by atoms with Gasteiger partial charge in [0.1, 0.15) is 24.8 Å². The second-order valence-electron chi connectivity index (χ2n) is 6.33. The molecule has 30 heavy (non-hydrogen) atoms. The molecule has 1 aromatic heterocycles. The van der Waals surface area contributed by atoms with Crippen molar-refractivity contribution in [2.24, 2.45) is 0 Å². The summed E-state index contributed by atoms with van der Waals surface area (Å²) in [6.07, 6.45) is 0. The van der Waals surface area contributed by atoms with Crippen LogP contribution in [0.25, 0.3) is 16.6 Å². The van der Waals surface area contributed by atoms with Gasteiger partial charge in [-0.25, -0.2) is 13.4 Å². The fourth-order valence-corrected chi connectivity index (χ4v) is 3.52. The Morgan fingerprint density at radius 3 is 2.60 bits per heavy atom. The summed E-state index contributed by atoms with van der Waals surface area (Å²) in [5.74, 6) is -1.29. The number of aliphatic hydroxyl groups is 1. The van der Waals surface area contributed by atoms with E-state index in [1.54, 1.807) is 36.4 Å². The van der Waals surface area contributed by atoms with Crippen molar-refractivity contribution in [2.45, 2.75) is 11.8 Å². The van der Waals surface area contributed by atoms with Crippen molar-refractivity contribution in [3.63, 3.8) is 0 Å². The molecule has 154 valence electrons. The fraction of sp³-hybridized carbons (Fsp3) is 0.150. The highest BCUT2D eigenvalue weighted by molar-refractivity contribution is 7.89. The lowest BCUT2D eigenvalue weighted by Crippen LogP contribution is -2.31. The number of aromatic nitrogens is 2. The van der Waals surface area contributed by atoms with Crippen LogP contribution in [0.5, 0.6) is 0 Å². The van der Waals surface area contributed by atoms with Crippen LogP contribution in [0.4, 0.5) is 0 Å². The van der Waals surface area contributed by atoms with Gasteiger partial charge in [0.05, 0.1) is 15.9 Å². The minimum atomic E-state index is -3.88. The molecule has 10 heteroatoms. The molecule has 0 amide bonds. The highest BCUT2D eigenvalue weighted by Gasteiger charge is 2.18. The number of H-pyrrole nitrogens is 1. The second kappa shape index (κ2) is 8.77. The summed E-state index contributed by atoms with van der Waals surface area (Å²) in [5, 5.41) is 19.5. The number of para-hydroxylation sites is 2. The fourth-order valence-electron chi connectivity index (χ4n) is 2.55. The third kappa shape index (κ3) is 4.83. The first-order valence-electron chi connectivity index (χ1n) is 8.79. The van der Waals surface area contributed by atoms with E-state index in [0.717, 1.165) is 5.56 Å². The maximum atomic E-state index is 12.2. The summed E-state index contributed by atoms with van der Waals surface area (Å²) in [6.45, 7) is 0.586. The first kappa shape index (κ1) is 21.0. The molecule has 3 aromatic rings. The SMILES string of the molecule is Cc1ccc(S(=O)(=O)NCC(=O)OC/C(O)=C(\C#N)c2nc3ccccc3[nH]2)cc1. The summed E-state index contributed by atoms with van der Waals surface area (Å²) in [4.78, 5) is 19.0. The number of allylic oxidation sites excluding steroid dienone is 1. The number of carbonyl (C=O) groups is 1. The molecule has 3 N–H and O–H groups in total. The summed E-state index contributed by atoms with van der Waals surface area (Å²) < 4.78 is 31.3. The molecule has 0 spiro atoms. The quantitative estimate of drug-likeness (QED) is 0.298. The molecule has 3 rings (SSSR count). The van der Waals surface area contributed by atoms with Crippen molar-refractivity contribution in [2.75, 3.05) is 13.2 Å². The molecule has 1 heterocycles. The van der Waals surface area contributed by atoms with Crippen LogP contribution >= 0.6 is 0 Å². The van der Waals surface area contributed by atoms with Gasteiger partial charge in [-0.3, -0.25) is 4.79 Å². The van der Waals surface area contributed by atoms with Crippen LogP contribution in [0.3, 0.4) is 0 Å². The van der Waals surface area contributed by atoms with Gasteiger partial charge in [0.2, 0.25) is 10.0 Å². The molecular weight excluding hydrogens is 408 g/mol. The number of fused-ring (bicyclic) bond motifs is 1. The van der Waals surface area contributed by atoms with Crippen LogP contribution < -0.4 is 4.72 Å². The monoisotopic (exact) mass is 426 g/mol. The van der Waals surface area contributed by atoms with Crippen LogP contribution in [-0.2, 0) is 19.6 Å². The third-order valence-corrected chi connectivity index (χ3v) is 5.55. The maximum absolute atomic E-state index is 12.2. The van der Waals surface area contributed by atoms with Gasteiger partial charge in [-0.1, -0.05) is 29.8 Å². The van der Waals surface area contributed by atoms with Crippen LogP contribution in [-0.4, -0.2) is 42.6 Å². The first-order chi connectivity index (χ1) is 14.3. The molecule has 0 fully saturated rings. The van der Waals surface area contributed by atoms with Gasteiger partial charge in [0.25, 0.3) is 0 Å². The average molecular weight is 426 g/mol. The first-order valence-corrected chi connectivity index (χ1v) is 10.3. The average Bonchev–Trinajstić information content (AvgIpc) is 3.15. The van der Waals surface area contributed by atoms with E-state index >= 15 is 0 Å². The Morgan fingerprint density at radius 2 is 1.93 bits per heavy atom. The number of imidazole rings is 1. The van der Waals surface area contributed by atoms with E-state index in [2.05, 4.69) is 14.7 Å². The molecule has 0 atom stereocenters. The number of hydrogen-bond donors (Lipinski definition) is 3. The molecule has 0 aliphatic rings. The zero-order valence-electron chi connectivity index (χ0n) is 15.9. The Morgan fingerprint density at radius 1 is 1.23 bits per heavy atom. The van der Waals surface area contributed by atoms with Gasteiger partial charge in [0.15, 0.2) is 11.6 Å². The lowest BCUT2D eigenvalue weighted by atomic mass is 10.2. The van der Waals surface area contributed by atoms with Gasteiger partial charge >= 0.3 is 5.97 Å². The number of benzene rings is 2. The Balaban J connectivity index is 1.62. The Kier molecular flexibility index (Phi) is 6.15. The number of ether oxygens (including phenoxy) is 1. The van der Waals surface area contributed by atoms with Crippen molar-refractivity contribution < 1.29 is 23.1 Å². The highest BCUT2D eigenvalue weighted by atomic mass is 32.2. The van der Waals surface area contributed by atoms with E-state index in [9.17, 15) is 23.6 Å². The number of sulfonamides is 1. The molecule has 0 unspecified atom stereocenters. The lowest BCUT2D eigenvalue weighted by Gasteiger charge is -2.08. The number of carbonyl (C=O) groups excluding carboxylic acids is 1. The number of nitriles is 1. The van der Waals surface area contributed by atoms with E-state index in [-0.39, 0.29) is 16.3 Å². The number of rotatable bonds is 7. The third-order valence-electron chi connectivity index (χ3n) is 4.13. The molecule has 0 aliphatic carbocycles. The van der Waals surface area contributed by atoms with E-state index in [0.29, 0.717) is 11.0 Å². The van der Waals surface area contributed by atoms with Gasteiger partial charge in [-0.05, 0) is 31.2 Å². The second-order valence-corrected chi connectivity index (χ2v) is 8.10. The predicted octanol–water partition coefficient (Wildman–Crippen LogP) is 2.19. The van der Waals surface area contributed by atoms with Crippen LogP contribution in [0, 0.1) is 18.3 Å². The van der Waals surface area contributed by atoms with E-state index in [1.165, 1.54) is 12.1 Å². The predicted molar refractivity (Wildman–Crippen MR) is 109 cm³/mol. The van der Waals surface area contributed by atoms with Gasteiger partial charge in [-0.2, -0.15) is 9.98 Å². The smallest absolute Gasteiger partial charge is 0.321 e. The van der Waals surface area contributed by atoms with Crippen LogP contribution in [0.2, 0.25) is 0 Å². The van der Waals surface area contributed by atoms with Crippen molar-refractivity contribution in [3.05, 3.63) is 65.7 Å². The normalized spacial score (nSPS) is 12.3. The summed E-state index contributed by atoms with van der Waals surface area (Å²) >= 11 is 0. The molecule has 0 saturated carbocycles. The lowest BCUT2D eigenvalue weighted by molar-refractivity contribution is -0.141. The number of hydrogen-bond acceptors (Lipinski definition) is 7. The minimum absolute atomic E-state index is 0.0142. The molecular formula is C20H18N4O5S. The summed E-state index contributed by atoms with van der Waals surface area (Å²) in [5.41, 5.74) is 2.00. The number of aromatic amines is 1. The maximum Gasteiger partial charge on any atom is 0.321 e.